The molecule has 0 bridgehead atoms. The van der Waals surface area contributed by atoms with Crippen molar-refractivity contribution in [3.63, 3.8) is 0 Å². The van der Waals surface area contributed by atoms with E-state index >= 15 is 0 Å². The fourth-order valence-corrected chi connectivity index (χ4v) is 11.7. The summed E-state index contributed by atoms with van der Waals surface area (Å²) >= 11 is 0. The van der Waals surface area contributed by atoms with E-state index in [0.29, 0.717) is 32.1 Å². The smallest absolute Gasteiger partial charge is 0.462 e. The standard InChI is InChI=1S/C79H138O17P2/c1-5-9-13-17-21-25-29-33-35-36-38-41-44-48-52-56-60-64-77(82)90-70-75(96-79(84)66-62-58-54-50-46-42-37-34-30-26-22-18-14-10-6-2)72-94-98(87,88)92-68-73(80)67-91-97(85,86)93-71-74(95-78(83)65-61-57-53-49-45-40-32-28-24-20-16-12-8-4)69-89-76(81)63-59-55-51-47-43-39-31-27-23-19-15-11-7-3/h9,13,21-22,25-27,31,33-35,37-38,41,48,52,73-75,80H,5-8,10-12,14-20,23-24,28-30,32,36,39-40,42-47,49-51,53-72H2,1-4H3,(H,85,86)(H,87,88)/b13-9-,25-21-,26-22-,31-27-,35-33-,37-34-,41-38-,52-48-. The van der Waals surface area contributed by atoms with Gasteiger partial charge in [0.1, 0.15) is 19.3 Å². The summed E-state index contributed by atoms with van der Waals surface area (Å²) in [5.41, 5.74) is 0. The Bertz CT molecular complexity index is 2240. The predicted octanol–water partition coefficient (Wildman–Crippen LogP) is 22.0. The van der Waals surface area contributed by atoms with Gasteiger partial charge in [0.15, 0.2) is 12.2 Å². The molecule has 3 N–H and O–H groups in total. The second kappa shape index (κ2) is 71.4. The van der Waals surface area contributed by atoms with Crippen LogP contribution >= 0.6 is 15.6 Å². The number of hydrogen-bond acceptors (Lipinski definition) is 15. The SMILES string of the molecule is CC/C=C\C/C=C\C/C=C\C/C=C\C/C=C\CCCC(=O)OCC(COP(=O)(O)OCC(O)COP(=O)(O)OCC(COC(=O)CCCCCCC/C=C\CCCCCC)OC(=O)CCCCCCCCCCCCCCC)OC(=O)CCCCCCC/C=C\C/C=C\CCCCC. The maximum atomic E-state index is 13.1. The van der Waals surface area contributed by atoms with Gasteiger partial charge in [0.25, 0.3) is 0 Å². The summed E-state index contributed by atoms with van der Waals surface area (Å²) in [5, 5.41) is 10.6. The molecule has 0 aliphatic heterocycles. The third-order valence-electron chi connectivity index (χ3n) is 16.0. The molecule has 0 heterocycles. The molecule has 566 valence electrons. The minimum atomic E-state index is -4.99. The molecule has 0 spiro atoms. The van der Waals surface area contributed by atoms with Crippen molar-refractivity contribution in [3.05, 3.63) is 97.2 Å². The summed E-state index contributed by atoms with van der Waals surface area (Å²) in [4.78, 5) is 72.8. The number of aliphatic hydroxyl groups excluding tert-OH is 1. The van der Waals surface area contributed by atoms with Crippen molar-refractivity contribution in [2.24, 2.45) is 0 Å². The van der Waals surface area contributed by atoms with Gasteiger partial charge in [-0.3, -0.25) is 37.3 Å². The average Bonchev–Trinajstić information content (AvgIpc) is 1.05. The van der Waals surface area contributed by atoms with E-state index < -0.39 is 97.5 Å². The number of ether oxygens (including phenoxy) is 4. The van der Waals surface area contributed by atoms with Gasteiger partial charge < -0.3 is 33.8 Å². The van der Waals surface area contributed by atoms with Crippen LogP contribution in [-0.2, 0) is 65.4 Å². The topological polar surface area (TPSA) is 237 Å². The van der Waals surface area contributed by atoms with Gasteiger partial charge in [-0.15, -0.1) is 0 Å². The molecule has 5 atom stereocenters. The van der Waals surface area contributed by atoms with Gasteiger partial charge in [0.2, 0.25) is 0 Å². The summed E-state index contributed by atoms with van der Waals surface area (Å²) in [6.45, 7) is 4.65. The molecule has 17 nitrogen and oxygen atoms in total. The van der Waals surface area contributed by atoms with Crippen molar-refractivity contribution in [2.45, 2.75) is 341 Å². The van der Waals surface area contributed by atoms with Crippen molar-refractivity contribution in [1.82, 2.24) is 0 Å². The normalized spacial score (nSPS) is 14.5. The Morgan fingerprint density at radius 3 is 0.898 bits per heavy atom. The van der Waals surface area contributed by atoms with Gasteiger partial charge in [0.05, 0.1) is 26.4 Å². The Kier molecular flexibility index (Phi) is 68.4. The van der Waals surface area contributed by atoms with Crippen molar-refractivity contribution >= 4 is 39.5 Å². The van der Waals surface area contributed by atoms with Crippen LogP contribution in [0.2, 0.25) is 0 Å². The zero-order valence-corrected chi connectivity index (χ0v) is 63.5. The number of phosphoric acid groups is 2. The van der Waals surface area contributed by atoms with E-state index in [0.717, 1.165) is 141 Å². The molecule has 19 heteroatoms. The van der Waals surface area contributed by atoms with Gasteiger partial charge in [-0.05, 0) is 122 Å². The fourth-order valence-electron chi connectivity index (χ4n) is 10.2. The zero-order valence-electron chi connectivity index (χ0n) is 61.7. The minimum absolute atomic E-state index is 0.0666. The van der Waals surface area contributed by atoms with E-state index in [1.165, 1.54) is 96.3 Å². The second-order valence-electron chi connectivity index (χ2n) is 25.6. The highest BCUT2D eigenvalue weighted by Gasteiger charge is 2.30. The number of carbonyl (C=O) groups excluding carboxylic acids is 4. The highest BCUT2D eigenvalue weighted by Crippen LogP contribution is 2.45. The molecular formula is C79H138O17P2. The lowest BCUT2D eigenvalue weighted by molar-refractivity contribution is -0.161. The van der Waals surface area contributed by atoms with E-state index in [4.69, 9.17) is 37.0 Å². The maximum Gasteiger partial charge on any atom is 0.472 e. The van der Waals surface area contributed by atoms with Crippen molar-refractivity contribution in [1.29, 1.82) is 0 Å². The Labute approximate surface area is 595 Å². The van der Waals surface area contributed by atoms with Crippen LogP contribution in [0.25, 0.3) is 0 Å². The maximum absolute atomic E-state index is 13.1. The van der Waals surface area contributed by atoms with Gasteiger partial charge >= 0.3 is 39.5 Å². The van der Waals surface area contributed by atoms with Crippen molar-refractivity contribution < 1.29 is 80.2 Å². The molecule has 0 rings (SSSR count). The third-order valence-corrected chi connectivity index (χ3v) is 17.9. The first kappa shape index (κ1) is 94.0. The van der Waals surface area contributed by atoms with E-state index in [-0.39, 0.29) is 25.7 Å². The molecule has 0 fully saturated rings. The zero-order chi connectivity index (χ0) is 71.8. The number of aliphatic hydroxyl groups is 1. The van der Waals surface area contributed by atoms with Crippen LogP contribution in [0.4, 0.5) is 0 Å². The number of unbranched alkanes of at least 4 members (excludes halogenated alkanes) is 30. The van der Waals surface area contributed by atoms with E-state index in [9.17, 15) is 43.2 Å². The number of hydrogen-bond donors (Lipinski definition) is 3. The molecule has 0 aromatic rings. The van der Waals surface area contributed by atoms with Crippen LogP contribution in [0.5, 0.6) is 0 Å². The Balaban J connectivity index is 5.40. The van der Waals surface area contributed by atoms with Crippen molar-refractivity contribution in [2.75, 3.05) is 39.6 Å². The van der Waals surface area contributed by atoms with E-state index in [1.54, 1.807) is 0 Å². The van der Waals surface area contributed by atoms with Crippen LogP contribution in [-0.4, -0.2) is 96.7 Å². The van der Waals surface area contributed by atoms with E-state index in [1.807, 2.05) is 12.2 Å². The summed E-state index contributed by atoms with van der Waals surface area (Å²) in [5.74, 6) is -2.25. The highest BCUT2D eigenvalue weighted by molar-refractivity contribution is 7.47. The molecule has 0 aliphatic carbocycles. The number of esters is 4. The van der Waals surface area contributed by atoms with Crippen LogP contribution in [0, 0.1) is 0 Å². The molecule has 0 aromatic carbocycles. The number of rotatable bonds is 72. The first-order valence-corrected chi connectivity index (χ1v) is 41.5. The van der Waals surface area contributed by atoms with Gasteiger partial charge in [-0.2, -0.15) is 0 Å². The van der Waals surface area contributed by atoms with E-state index in [2.05, 4.69) is 113 Å². The van der Waals surface area contributed by atoms with Crippen LogP contribution in [0.15, 0.2) is 97.2 Å². The minimum Gasteiger partial charge on any atom is -0.462 e. The quantitative estimate of drug-likeness (QED) is 0.0169. The highest BCUT2D eigenvalue weighted by atomic mass is 31.2. The van der Waals surface area contributed by atoms with Crippen molar-refractivity contribution in [3.8, 4) is 0 Å². The van der Waals surface area contributed by atoms with Gasteiger partial charge in [0, 0.05) is 25.7 Å². The first-order chi connectivity index (χ1) is 47.7. The molecule has 5 unspecified atom stereocenters. The molecule has 0 saturated carbocycles. The van der Waals surface area contributed by atoms with Crippen LogP contribution in [0.3, 0.4) is 0 Å². The lowest BCUT2D eigenvalue weighted by Crippen LogP contribution is -2.30. The van der Waals surface area contributed by atoms with Gasteiger partial charge in [-0.25, -0.2) is 9.13 Å². The van der Waals surface area contributed by atoms with Crippen LogP contribution < -0.4 is 0 Å². The first-order valence-electron chi connectivity index (χ1n) is 38.5. The summed E-state index contributed by atoms with van der Waals surface area (Å²) < 4.78 is 68.4. The van der Waals surface area contributed by atoms with Crippen LogP contribution in [0.1, 0.15) is 323 Å². The number of phosphoric ester groups is 2. The number of allylic oxidation sites excluding steroid dienone is 16. The molecule has 0 aliphatic rings. The summed E-state index contributed by atoms with van der Waals surface area (Å²) in [6, 6.07) is 0. The lowest BCUT2D eigenvalue weighted by Gasteiger charge is -2.21. The average molecular weight is 1420 g/mol. The molecular weight excluding hydrogens is 1280 g/mol. The molecule has 0 saturated heterocycles. The summed E-state index contributed by atoms with van der Waals surface area (Å²) in [7, 11) is -9.96. The fraction of sp³-hybridized carbons (Fsp3) is 0.747. The molecule has 98 heavy (non-hydrogen) atoms. The predicted molar refractivity (Wildman–Crippen MR) is 399 cm³/mol. The largest absolute Gasteiger partial charge is 0.472 e. The Morgan fingerprint density at radius 2 is 0.541 bits per heavy atom. The number of carbonyl (C=O) groups is 4. The molecule has 0 radical (unpaired) electrons. The summed E-state index contributed by atoms with van der Waals surface area (Å²) in [6.07, 6.45) is 74.0. The lowest BCUT2D eigenvalue weighted by atomic mass is 10.0. The Morgan fingerprint density at radius 1 is 0.296 bits per heavy atom. The molecule has 0 aromatic heterocycles. The monoisotopic (exact) mass is 1420 g/mol. The Hall–Kier alpha value is -4.02. The molecule has 0 amide bonds. The van der Waals surface area contributed by atoms with Gasteiger partial charge in [-0.1, -0.05) is 273 Å². The second-order valence-corrected chi connectivity index (χ2v) is 28.5. The third kappa shape index (κ3) is 70.4.